The van der Waals surface area contributed by atoms with E-state index in [9.17, 15) is 9.90 Å². The van der Waals surface area contributed by atoms with Crippen LogP contribution in [0.5, 0.6) is 0 Å². The highest BCUT2D eigenvalue weighted by Crippen LogP contribution is 2.62. The van der Waals surface area contributed by atoms with Crippen LogP contribution in [0.15, 0.2) is 11.6 Å². The first-order valence-electron chi connectivity index (χ1n) is 9.07. The maximum Gasteiger partial charge on any atom is 0.155 e. The number of ketones is 1. The van der Waals surface area contributed by atoms with E-state index in [0.717, 1.165) is 49.9 Å². The molecule has 6 atom stereocenters. The summed E-state index contributed by atoms with van der Waals surface area (Å²) in [5, 5.41) is 10.6. The van der Waals surface area contributed by atoms with Gasteiger partial charge in [0.2, 0.25) is 0 Å². The molecule has 0 aromatic rings. The molecule has 0 radical (unpaired) electrons. The molecule has 0 aliphatic heterocycles. The molecule has 116 valence electrons. The fourth-order valence-electron chi connectivity index (χ4n) is 6.64. The van der Waals surface area contributed by atoms with Crippen molar-refractivity contribution in [1.82, 2.24) is 0 Å². The molecule has 2 nitrogen and oxygen atoms in total. The zero-order valence-electron chi connectivity index (χ0n) is 13.2. The Labute approximate surface area is 128 Å². The fourth-order valence-corrected chi connectivity index (χ4v) is 6.64. The predicted molar refractivity (Wildman–Crippen MR) is 82.7 cm³/mol. The summed E-state index contributed by atoms with van der Waals surface area (Å²) in [6.45, 7) is 2.29. The van der Waals surface area contributed by atoms with Crippen LogP contribution in [0.1, 0.15) is 64.7 Å². The number of fused-ring (bicyclic) bond motifs is 5. The van der Waals surface area contributed by atoms with Gasteiger partial charge in [0.05, 0.1) is 6.10 Å². The monoisotopic (exact) mass is 288 g/mol. The van der Waals surface area contributed by atoms with Crippen molar-refractivity contribution in [2.75, 3.05) is 0 Å². The van der Waals surface area contributed by atoms with Gasteiger partial charge in [0.25, 0.3) is 0 Å². The highest BCUT2D eigenvalue weighted by molar-refractivity contribution is 5.91. The van der Waals surface area contributed by atoms with E-state index >= 15 is 0 Å². The van der Waals surface area contributed by atoms with Gasteiger partial charge >= 0.3 is 0 Å². The maximum absolute atomic E-state index is 11.7. The topological polar surface area (TPSA) is 37.3 Å². The van der Waals surface area contributed by atoms with Crippen molar-refractivity contribution in [2.24, 2.45) is 29.1 Å². The summed E-state index contributed by atoms with van der Waals surface area (Å²) in [4.78, 5) is 11.7. The molecule has 4 rings (SSSR count). The minimum absolute atomic E-state index is 0.0571. The van der Waals surface area contributed by atoms with Crippen molar-refractivity contribution < 1.29 is 9.90 Å². The van der Waals surface area contributed by atoms with Crippen molar-refractivity contribution in [1.29, 1.82) is 0 Å². The summed E-state index contributed by atoms with van der Waals surface area (Å²) in [6, 6.07) is 0. The third-order valence-electron chi connectivity index (χ3n) is 7.63. The van der Waals surface area contributed by atoms with Gasteiger partial charge in [0.15, 0.2) is 5.78 Å². The largest absolute Gasteiger partial charge is 0.393 e. The highest BCUT2D eigenvalue weighted by Gasteiger charge is 2.57. The van der Waals surface area contributed by atoms with Gasteiger partial charge in [-0.05, 0) is 86.5 Å². The second-order valence-corrected chi connectivity index (χ2v) is 8.02. The quantitative estimate of drug-likeness (QED) is 0.795. The average molecular weight is 288 g/mol. The van der Waals surface area contributed by atoms with E-state index in [-0.39, 0.29) is 11.5 Å². The van der Waals surface area contributed by atoms with E-state index in [1.165, 1.54) is 31.3 Å². The van der Waals surface area contributed by atoms with Crippen molar-refractivity contribution in [3.8, 4) is 0 Å². The summed E-state index contributed by atoms with van der Waals surface area (Å²) in [6.07, 6.45) is 12.1. The van der Waals surface area contributed by atoms with E-state index in [0.29, 0.717) is 11.7 Å². The summed E-state index contributed by atoms with van der Waals surface area (Å²) in [5.41, 5.74) is 1.70. The lowest BCUT2D eigenvalue weighted by Gasteiger charge is -2.54. The lowest BCUT2D eigenvalue weighted by Crippen LogP contribution is -2.48. The van der Waals surface area contributed by atoms with Crippen LogP contribution in [0.3, 0.4) is 0 Å². The Kier molecular flexibility index (Phi) is 3.29. The number of allylic oxidation sites excluding steroid dienone is 1. The molecule has 2 heteroatoms. The third kappa shape index (κ3) is 1.91. The van der Waals surface area contributed by atoms with Gasteiger partial charge in [0, 0.05) is 6.42 Å². The van der Waals surface area contributed by atoms with Crippen LogP contribution in [0, 0.1) is 29.1 Å². The Morgan fingerprint density at radius 3 is 2.81 bits per heavy atom. The molecule has 0 amide bonds. The van der Waals surface area contributed by atoms with E-state index < -0.39 is 0 Å². The number of hydrogen-bond acceptors (Lipinski definition) is 2. The zero-order chi connectivity index (χ0) is 14.6. The highest BCUT2D eigenvalue weighted by atomic mass is 16.3. The van der Waals surface area contributed by atoms with Crippen LogP contribution in [-0.2, 0) is 4.79 Å². The molecular weight excluding hydrogens is 260 g/mol. The summed E-state index contributed by atoms with van der Waals surface area (Å²) in [5.74, 6) is 3.40. The molecule has 0 aromatic carbocycles. The standard InChI is InChI=1S/C19H28O2/c1-2-19-10-9-15-14-6-4-13(20)11-12(14)3-5-16(15)17(19)7-8-18(19)21/h11,14-18,21H,2-10H2,1H3/t14-,15+,16+,17-,18+,19-/m0/s1. The molecule has 0 spiro atoms. The van der Waals surface area contributed by atoms with Crippen LogP contribution < -0.4 is 0 Å². The first kappa shape index (κ1) is 14.0. The van der Waals surface area contributed by atoms with Crippen LogP contribution in [0.25, 0.3) is 0 Å². The molecule has 3 saturated carbocycles. The van der Waals surface area contributed by atoms with Gasteiger partial charge in [-0.1, -0.05) is 12.5 Å². The van der Waals surface area contributed by atoms with E-state index in [2.05, 4.69) is 6.92 Å². The van der Waals surface area contributed by atoms with Crippen LogP contribution in [-0.4, -0.2) is 17.0 Å². The van der Waals surface area contributed by atoms with Crippen molar-refractivity contribution in [2.45, 2.75) is 70.8 Å². The van der Waals surface area contributed by atoms with Crippen molar-refractivity contribution >= 4 is 5.78 Å². The predicted octanol–water partition coefficient (Wildman–Crippen LogP) is 3.88. The van der Waals surface area contributed by atoms with E-state index in [4.69, 9.17) is 0 Å². The smallest absolute Gasteiger partial charge is 0.155 e. The van der Waals surface area contributed by atoms with Gasteiger partial charge in [-0.15, -0.1) is 0 Å². The van der Waals surface area contributed by atoms with E-state index in [1.54, 1.807) is 0 Å². The molecule has 21 heavy (non-hydrogen) atoms. The molecule has 0 heterocycles. The summed E-state index contributed by atoms with van der Waals surface area (Å²) in [7, 11) is 0. The Morgan fingerprint density at radius 1 is 1.14 bits per heavy atom. The molecule has 0 saturated heterocycles. The first-order valence-corrected chi connectivity index (χ1v) is 9.07. The van der Waals surface area contributed by atoms with Crippen LogP contribution >= 0.6 is 0 Å². The minimum atomic E-state index is -0.0571. The summed E-state index contributed by atoms with van der Waals surface area (Å²) < 4.78 is 0. The molecule has 1 N–H and O–H groups in total. The minimum Gasteiger partial charge on any atom is -0.393 e. The number of hydrogen-bond donors (Lipinski definition) is 1. The molecular formula is C19H28O2. The molecule has 4 aliphatic carbocycles. The Balaban J connectivity index is 1.64. The Bertz CT molecular complexity index is 480. The molecule has 4 aliphatic rings. The fraction of sp³-hybridized carbons (Fsp3) is 0.842. The Hall–Kier alpha value is -0.630. The number of aliphatic hydroxyl groups is 1. The van der Waals surface area contributed by atoms with Gasteiger partial charge < -0.3 is 5.11 Å². The molecule has 0 aromatic heterocycles. The Morgan fingerprint density at radius 2 is 2.00 bits per heavy atom. The van der Waals surface area contributed by atoms with Gasteiger partial charge in [-0.3, -0.25) is 4.79 Å². The van der Waals surface area contributed by atoms with Gasteiger partial charge in [-0.2, -0.15) is 0 Å². The first-order chi connectivity index (χ1) is 10.2. The normalized spacial score (nSPS) is 49.1. The average Bonchev–Trinajstić information content (AvgIpc) is 2.84. The number of aliphatic hydroxyl groups excluding tert-OH is 1. The third-order valence-corrected chi connectivity index (χ3v) is 7.63. The number of rotatable bonds is 1. The lowest BCUT2D eigenvalue weighted by molar-refractivity contribution is -0.116. The van der Waals surface area contributed by atoms with Gasteiger partial charge in [-0.25, -0.2) is 0 Å². The van der Waals surface area contributed by atoms with Crippen molar-refractivity contribution in [3.63, 3.8) is 0 Å². The van der Waals surface area contributed by atoms with Gasteiger partial charge in [0.1, 0.15) is 0 Å². The zero-order valence-corrected chi connectivity index (χ0v) is 13.2. The molecule has 3 fully saturated rings. The van der Waals surface area contributed by atoms with E-state index in [1.807, 2.05) is 6.08 Å². The number of carbonyl (C=O) groups excluding carboxylic acids is 1. The van der Waals surface area contributed by atoms with Crippen LogP contribution in [0.2, 0.25) is 0 Å². The van der Waals surface area contributed by atoms with Crippen molar-refractivity contribution in [3.05, 3.63) is 11.6 Å². The summed E-state index contributed by atoms with van der Waals surface area (Å²) >= 11 is 0. The van der Waals surface area contributed by atoms with Crippen LogP contribution in [0.4, 0.5) is 0 Å². The maximum atomic E-state index is 11.7. The second-order valence-electron chi connectivity index (χ2n) is 8.02. The SMILES string of the molecule is CC[C@]12CC[C@H]3[C@@H](CCC4=CC(=O)CC[C@@H]43)[C@@H]1CC[C@H]2O. The number of carbonyl (C=O) groups is 1. The second kappa shape index (κ2) is 4.94. The molecule has 0 unspecified atom stereocenters. The molecule has 0 bridgehead atoms. The lowest BCUT2D eigenvalue weighted by atomic mass is 9.51.